The fraction of sp³-hybridized carbons (Fsp3) is 0. The number of allylic oxidation sites excluding steroid dienone is 1. The van der Waals surface area contributed by atoms with Crippen molar-refractivity contribution in [2.45, 2.75) is 0 Å². The molecule has 1 heterocycles. The highest BCUT2D eigenvalue weighted by Crippen LogP contribution is 2.13. The molecule has 6 heteroatoms. The molecule has 1 N–H and O–H groups in total. The van der Waals surface area contributed by atoms with E-state index in [1.165, 1.54) is 16.8 Å². The summed E-state index contributed by atoms with van der Waals surface area (Å²) in [6, 6.07) is 15.5. The van der Waals surface area contributed by atoms with Crippen LogP contribution in [0.15, 0.2) is 65.5 Å². The van der Waals surface area contributed by atoms with Crippen molar-refractivity contribution in [1.82, 2.24) is 9.78 Å². The van der Waals surface area contributed by atoms with E-state index < -0.39 is 4.92 Å². The van der Waals surface area contributed by atoms with Crippen LogP contribution in [0.3, 0.4) is 0 Å². The molecule has 0 aliphatic carbocycles. The van der Waals surface area contributed by atoms with Crippen molar-refractivity contribution in [3.63, 3.8) is 0 Å². The molecule has 0 saturated carbocycles. The average Bonchev–Trinajstić information content (AvgIpc) is 2.91. The number of benzene rings is 2. The minimum absolute atomic E-state index is 0.0214. The fourth-order valence-electron chi connectivity index (χ4n) is 2.42. The summed E-state index contributed by atoms with van der Waals surface area (Å²) in [6.45, 7) is 3.86. The van der Waals surface area contributed by atoms with E-state index in [-0.39, 0.29) is 11.2 Å². The number of aromatic amines is 1. The third-order valence-corrected chi connectivity index (χ3v) is 3.65. The van der Waals surface area contributed by atoms with Crippen LogP contribution >= 0.6 is 0 Å². The van der Waals surface area contributed by atoms with Gasteiger partial charge in [0.25, 0.3) is 11.2 Å². The summed E-state index contributed by atoms with van der Waals surface area (Å²) in [4.78, 5) is 22.9. The maximum Gasteiger partial charge on any atom is 0.279 e. The smallest absolute Gasteiger partial charge is 0.279 e. The van der Waals surface area contributed by atoms with Gasteiger partial charge >= 0.3 is 0 Å². The first-order valence-electron chi connectivity index (χ1n) is 7.54. The Balaban J connectivity index is 1.96. The van der Waals surface area contributed by atoms with Crippen molar-refractivity contribution >= 4 is 24.4 Å². The Kier molecular flexibility index (Phi) is 4.43. The highest BCUT2D eigenvalue weighted by atomic mass is 16.6. The van der Waals surface area contributed by atoms with Gasteiger partial charge < -0.3 is 0 Å². The van der Waals surface area contributed by atoms with Crippen LogP contribution in [-0.4, -0.2) is 14.7 Å². The van der Waals surface area contributed by atoms with Gasteiger partial charge in [0.05, 0.1) is 21.2 Å². The molecule has 2 aromatic carbocycles. The summed E-state index contributed by atoms with van der Waals surface area (Å²) in [5.74, 6) is 0. The van der Waals surface area contributed by atoms with Gasteiger partial charge in [0.2, 0.25) is 0 Å². The number of hydrogen-bond donors (Lipinski definition) is 1. The van der Waals surface area contributed by atoms with E-state index in [9.17, 15) is 14.9 Å². The Hall–Kier alpha value is -3.67. The molecule has 6 nitrogen and oxygen atoms in total. The number of H-pyrrole nitrogens is 1. The van der Waals surface area contributed by atoms with Gasteiger partial charge in [0, 0.05) is 12.1 Å². The second-order valence-corrected chi connectivity index (χ2v) is 5.36. The zero-order valence-corrected chi connectivity index (χ0v) is 13.3. The molecule has 0 atom stereocenters. The van der Waals surface area contributed by atoms with Crippen LogP contribution in [0.25, 0.3) is 24.4 Å². The summed E-state index contributed by atoms with van der Waals surface area (Å²) < 4.78 is 1.43. The molecule has 0 fully saturated rings. The van der Waals surface area contributed by atoms with Crippen LogP contribution in [0.4, 0.5) is 5.69 Å². The number of nitrogens with zero attached hydrogens (tertiary/aromatic N) is 2. The van der Waals surface area contributed by atoms with Crippen molar-refractivity contribution in [3.8, 4) is 5.69 Å². The maximum atomic E-state index is 12.5. The standard InChI is InChI=1S/C19H15N3O3/c1-14-18(19(23)21(20-14)16-9-3-2-4-10-16)12-6-8-15-7-5-11-17(13-15)22(24)25/h2-13,20H,1H2/b8-6+,18-12-. The molecule has 0 radical (unpaired) electrons. The average molecular weight is 333 g/mol. The van der Waals surface area contributed by atoms with E-state index in [1.807, 2.05) is 30.3 Å². The minimum atomic E-state index is -0.445. The van der Waals surface area contributed by atoms with Crippen molar-refractivity contribution in [2.24, 2.45) is 0 Å². The number of para-hydroxylation sites is 1. The zero-order valence-electron chi connectivity index (χ0n) is 13.3. The monoisotopic (exact) mass is 333 g/mol. The predicted molar refractivity (Wildman–Crippen MR) is 97.8 cm³/mol. The summed E-state index contributed by atoms with van der Waals surface area (Å²) in [7, 11) is 0. The zero-order chi connectivity index (χ0) is 17.8. The summed E-state index contributed by atoms with van der Waals surface area (Å²) in [6.07, 6.45) is 5.01. The van der Waals surface area contributed by atoms with Gasteiger partial charge in [-0.1, -0.05) is 49.1 Å². The van der Waals surface area contributed by atoms with Gasteiger partial charge in [0.1, 0.15) is 0 Å². The van der Waals surface area contributed by atoms with Gasteiger partial charge in [-0.2, -0.15) is 0 Å². The molecule has 0 spiro atoms. The second-order valence-electron chi connectivity index (χ2n) is 5.36. The van der Waals surface area contributed by atoms with Crippen LogP contribution in [0, 0.1) is 10.1 Å². The number of non-ortho nitro benzene ring substituents is 1. The minimum Gasteiger partial charge on any atom is -0.291 e. The summed E-state index contributed by atoms with van der Waals surface area (Å²) in [5, 5.41) is 14.7. The maximum absolute atomic E-state index is 12.5. The third-order valence-electron chi connectivity index (χ3n) is 3.65. The number of rotatable bonds is 4. The quantitative estimate of drug-likeness (QED) is 0.585. The highest BCUT2D eigenvalue weighted by Gasteiger charge is 2.04. The van der Waals surface area contributed by atoms with E-state index in [2.05, 4.69) is 11.7 Å². The van der Waals surface area contributed by atoms with Crippen LogP contribution in [0.2, 0.25) is 0 Å². The Morgan fingerprint density at radius 3 is 2.60 bits per heavy atom. The van der Waals surface area contributed by atoms with Gasteiger partial charge in [-0.25, -0.2) is 4.68 Å². The fourth-order valence-corrected chi connectivity index (χ4v) is 2.42. The van der Waals surface area contributed by atoms with Crippen LogP contribution in [-0.2, 0) is 0 Å². The number of aromatic nitrogens is 2. The molecular weight excluding hydrogens is 318 g/mol. The normalized spacial score (nSPS) is 11.9. The largest absolute Gasteiger partial charge is 0.291 e. The molecule has 0 amide bonds. The number of hydrogen-bond acceptors (Lipinski definition) is 3. The lowest BCUT2D eigenvalue weighted by Crippen LogP contribution is -2.33. The molecule has 0 aliphatic heterocycles. The Morgan fingerprint density at radius 2 is 1.88 bits per heavy atom. The van der Waals surface area contributed by atoms with Crippen LogP contribution < -0.4 is 16.1 Å². The predicted octanol–water partition coefficient (Wildman–Crippen LogP) is 1.98. The molecule has 3 rings (SSSR count). The number of nitro groups is 1. The van der Waals surface area contributed by atoms with Crippen molar-refractivity contribution < 1.29 is 4.92 Å². The number of nitro benzene ring substituents is 1. The van der Waals surface area contributed by atoms with E-state index in [4.69, 9.17) is 0 Å². The topological polar surface area (TPSA) is 80.9 Å². The van der Waals surface area contributed by atoms with Gasteiger partial charge in [-0.15, -0.1) is 0 Å². The molecule has 25 heavy (non-hydrogen) atoms. The van der Waals surface area contributed by atoms with E-state index in [0.717, 1.165) is 5.69 Å². The molecule has 3 aromatic rings. The number of nitrogens with one attached hydrogen (secondary N) is 1. The second kappa shape index (κ2) is 6.84. The van der Waals surface area contributed by atoms with Gasteiger partial charge in [-0.3, -0.25) is 20.0 Å². The molecule has 124 valence electrons. The van der Waals surface area contributed by atoms with Crippen LogP contribution in [0.5, 0.6) is 0 Å². The highest BCUT2D eigenvalue weighted by molar-refractivity contribution is 5.59. The van der Waals surface area contributed by atoms with Gasteiger partial charge in [0.15, 0.2) is 0 Å². The van der Waals surface area contributed by atoms with E-state index >= 15 is 0 Å². The lowest BCUT2D eigenvalue weighted by atomic mass is 10.2. The third kappa shape index (κ3) is 3.48. The van der Waals surface area contributed by atoms with E-state index in [0.29, 0.717) is 16.1 Å². The molecule has 0 saturated heterocycles. The first kappa shape index (κ1) is 16.2. The van der Waals surface area contributed by atoms with Crippen LogP contribution in [0.1, 0.15) is 5.56 Å². The van der Waals surface area contributed by atoms with Gasteiger partial charge in [-0.05, 0) is 23.8 Å². The van der Waals surface area contributed by atoms with Crippen molar-refractivity contribution in [1.29, 1.82) is 0 Å². The Morgan fingerprint density at radius 1 is 1.12 bits per heavy atom. The molecule has 0 aliphatic rings. The summed E-state index contributed by atoms with van der Waals surface area (Å²) in [5.41, 5.74) is 1.21. The molecule has 1 aromatic heterocycles. The first-order chi connectivity index (χ1) is 12.1. The molecule has 0 bridgehead atoms. The summed E-state index contributed by atoms with van der Waals surface area (Å²) >= 11 is 0. The van der Waals surface area contributed by atoms with E-state index in [1.54, 1.807) is 30.4 Å². The Labute approximate surface area is 142 Å². The molecular formula is C19H15N3O3. The van der Waals surface area contributed by atoms with Crippen molar-refractivity contribution in [2.75, 3.05) is 0 Å². The SMILES string of the molecule is C=c1[nH]n(-c2ccccc2)c(=O)/c1=C\C=C\c1cccc([N+](=O)[O-])c1. The lowest BCUT2D eigenvalue weighted by Gasteiger charge is -1.98. The Bertz CT molecular complexity index is 1110. The molecule has 0 unspecified atom stereocenters. The van der Waals surface area contributed by atoms with Crippen molar-refractivity contribution in [3.05, 3.63) is 97.3 Å². The first-order valence-corrected chi connectivity index (χ1v) is 7.54. The lowest BCUT2D eigenvalue weighted by molar-refractivity contribution is -0.384.